The highest BCUT2D eigenvalue weighted by molar-refractivity contribution is 7.89. The molecule has 0 saturated carbocycles. The van der Waals surface area contributed by atoms with E-state index in [2.05, 4.69) is 5.32 Å². The fourth-order valence-electron chi connectivity index (χ4n) is 2.93. The number of nitrogens with two attached hydrogens (primary N) is 1. The van der Waals surface area contributed by atoms with Crippen LogP contribution in [0.2, 0.25) is 0 Å². The molecule has 10 nitrogen and oxygen atoms in total. The van der Waals surface area contributed by atoms with Gasteiger partial charge in [-0.3, -0.25) is 5.32 Å². The number of nitrogens with one attached hydrogen (secondary N) is 1. The lowest BCUT2D eigenvalue weighted by molar-refractivity contribution is 0.0472. The second-order valence-electron chi connectivity index (χ2n) is 6.74. The number of hydrogen-bond acceptors (Lipinski definition) is 8. The van der Waals surface area contributed by atoms with Crippen molar-refractivity contribution in [1.82, 2.24) is 0 Å². The maximum atomic E-state index is 12.6. The molecule has 0 bridgehead atoms. The van der Waals surface area contributed by atoms with E-state index in [9.17, 15) is 22.8 Å². The van der Waals surface area contributed by atoms with Crippen molar-refractivity contribution in [3.05, 3.63) is 69.6 Å². The van der Waals surface area contributed by atoms with Crippen molar-refractivity contribution in [2.45, 2.75) is 25.3 Å². The van der Waals surface area contributed by atoms with E-state index in [0.29, 0.717) is 22.2 Å². The van der Waals surface area contributed by atoms with Crippen LogP contribution in [0.25, 0.3) is 11.0 Å². The highest BCUT2D eigenvalue weighted by Crippen LogP contribution is 2.23. The molecule has 0 atom stereocenters. The summed E-state index contributed by atoms with van der Waals surface area (Å²) in [4.78, 5) is 35.9. The number of rotatable bonds is 6. The van der Waals surface area contributed by atoms with Gasteiger partial charge in [-0.1, -0.05) is 6.07 Å². The van der Waals surface area contributed by atoms with Gasteiger partial charge in [0, 0.05) is 28.8 Å². The summed E-state index contributed by atoms with van der Waals surface area (Å²) in [5.41, 5.74) is 0.741. The Bertz CT molecular complexity index is 1360. The van der Waals surface area contributed by atoms with Crippen molar-refractivity contribution in [2.24, 2.45) is 5.14 Å². The maximum absolute atomic E-state index is 12.6. The molecule has 3 rings (SSSR count). The summed E-state index contributed by atoms with van der Waals surface area (Å²) in [6, 6.07) is 9.67. The molecule has 0 saturated heterocycles. The van der Waals surface area contributed by atoms with Crippen molar-refractivity contribution in [3.63, 3.8) is 0 Å². The van der Waals surface area contributed by atoms with Gasteiger partial charge in [0.15, 0.2) is 0 Å². The van der Waals surface area contributed by atoms with Crippen molar-refractivity contribution < 1.29 is 31.9 Å². The molecular formula is C21H20N2O8S. The molecule has 2 aromatic carbocycles. The van der Waals surface area contributed by atoms with Gasteiger partial charge in [0.25, 0.3) is 0 Å². The summed E-state index contributed by atoms with van der Waals surface area (Å²) in [7, 11) is -3.99. The van der Waals surface area contributed by atoms with E-state index < -0.39 is 27.7 Å². The van der Waals surface area contributed by atoms with Crippen LogP contribution in [0, 0.1) is 6.92 Å². The Labute approximate surface area is 183 Å². The Morgan fingerprint density at radius 1 is 1.09 bits per heavy atom. The number of esters is 1. The number of carbonyl (C=O) groups excluding carboxylic acids is 2. The summed E-state index contributed by atoms with van der Waals surface area (Å²) in [6.07, 6.45) is -0.656. The van der Waals surface area contributed by atoms with Crippen LogP contribution < -0.4 is 16.1 Å². The lowest BCUT2D eigenvalue weighted by Crippen LogP contribution is -2.15. The van der Waals surface area contributed by atoms with Gasteiger partial charge in [0.2, 0.25) is 10.0 Å². The first-order valence-electron chi connectivity index (χ1n) is 9.39. The fourth-order valence-corrected chi connectivity index (χ4v) is 3.47. The van der Waals surface area contributed by atoms with Crippen molar-refractivity contribution in [1.29, 1.82) is 0 Å². The SMILES string of the molecule is CCOC(=O)Nc1ccc2c(COC(=O)c3cc(S(N)(=O)=O)ccc3C)cc(=O)oc2c1. The molecule has 0 fully saturated rings. The van der Waals surface area contributed by atoms with Crippen LogP contribution in [-0.2, 0) is 26.1 Å². The highest BCUT2D eigenvalue weighted by atomic mass is 32.2. The number of anilines is 1. The first kappa shape index (κ1) is 23.0. The first-order valence-corrected chi connectivity index (χ1v) is 10.9. The van der Waals surface area contributed by atoms with Gasteiger partial charge in [0.05, 0.1) is 17.1 Å². The van der Waals surface area contributed by atoms with E-state index in [0.717, 1.165) is 6.07 Å². The number of hydrogen-bond donors (Lipinski definition) is 2. The number of benzene rings is 2. The zero-order valence-corrected chi connectivity index (χ0v) is 18.0. The van der Waals surface area contributed by atoms with E-state index in [1.807, 2.05) is 0 Å². The molecule has 1 heterocycles. The van der Waals surface area contributed by atoms with E-state index in [1.165, 1.54) is 24.3 Å². The second kappa shape index (κ2) is 9.20. The van der Waals surface area contributed by atoms with E-state index >= 15 is 0 Å². The van der Waals surface area contributed by atoms with Crippen LogP contribution in [0.3, 0.4) is 0 Å². The van der Waals surface area contributed by atoms with E-state index in [4.69, 9.17) is 19.0 Å². The molecule has 32 heavy (non-hydrogen) atoms. The Morgan fingerprint density at radius 2 is 1.84 bits per heavy atom. The fraction of sp³-hybridized carbons (Fsp3) is 0.190. The van der Waals surface area contributed by atoms with Crippen molar-refractivity contribution in [2.75, 3.05) is 11.9 Å². The van der Waals surface area contributed by atoms with Gasteiger partial charge in [-0.15, -0.1) is 0 Å². The predicted molar refractivity (Wildman–Crippen MR) is 115 cm³/mol. The van der Waals surface area contributed by atoms with Crippen LogP contribution in [0.4, 0.5) is 10.5 Å². The van der Waals surface area contributed by atoms with E-state index in [-0.39, 0.29) is 29.3 Å². The quantitative estimate of drug-likeness (QED) is 0.420. The van der Waals surface area contributed by atoms with E-state index in [1.54, 1.807) is 26.0 Å². The van der Waals surface area contributed by atoms with Crippen LogP contribution >= 0.6 is 0 Å². The number of primary sulfonamides is 1. The topological polar surface area (TPSA) is 155 Å². The molecular weight excluding hydrogens is 440 g/mol. The molecule has 0 aliphatic heterocycles. The van der Waals surface area contributed by atoms with Crippen LogP contribution in [0.15, 0.2) is 56.6 Å². The van der Waals surface area contributed by atoms with Gasteiger partial charge in [-0.2, -0.15) is 0 Å². The van der Waals surface area contributed by atoms with Crippen LogP contribution in [-0.4, -0.2) is 27.1 Å². The average Bonchev–Trinajstić information content (AvgIpc) is 2.71. The van der Waals surface area contributed by atoms with Crippen molar-refractivity contribution >= 4 is 38.7 Å². The number of fused-ring (bicyclic) bond motifs is 1. The lowest BCUT2D eigenvalue weighted by atomic mass is 10.1. The Hall–Kier alpha value is -3.70. The minimum absolute atomic E-state index is 0.0321. The molecule has 0 radical (unpaired) electrons. The van der Waals surface area contributed by atoms with Gasteiger partial charge in [-0.25, -0.2) is 27.9 Å². The standard InChI is InChI=1S/C21H20N2O8S/c1-3-29-21(26)23-14-5-7-16-13(8-19(24)31-18(16)9-14)11-30-20(25)17-10-15(32(22,27)28)6-4-12(17)2/h4-10H,3,11H2,1-2H3,(H,23,26)(H2,22,27,28). The van der Waals surface area contributed by atoms with Gasteiger partial charge < -0.3 is 13.9 Å². The molecule has 1 amide bonds. The highest BCUT2D eigenvalue weighted by Gasteiger charge is 2.17. The molecule has 1 aromatic heterocycles. The molecule has 11 heteroatoms. The summed E-state index contributed by atoms with van der Waals surface area (Å²) < 4.78 is 38.4. The molecule has 0 aliphatic rings. The molecule has 0 spiro atoms. The van der Waals surface area contributed by atoms with Crippen LogP contribution in [0.1, 0.15) is 28.4 Å². The minimum Gasteiger partial charge on any atom is -0.457 e. The molecule has 0 unspecified atom stereocenters. The number of ether oxygens (including phenoxy) is 2. The summed E-state index contributed by atoms with van der Waals surface area (Å²) >= 11 is 0. The second-order valence-corrected chi connectivity index (χ2v) is 8.31. The Morgan fingerprint density at radius 3 is 2.53 bits per heavy atom. The number of amides is 1. The summed E-state index contributed by atoms with van der Waals surface area (Å²) in [5, 5.41) is 8.11. The zero-order valence-electron chi connectivity index (χ0n) is 17.2. The largest absolute Gasteiger partial charge is 0.457 e. The summed E-state index contributed by atoms with van der Waals surface area (Å²) in [6.45, 7) is 3.21. The smallest absolute Gasteiger partial charge is 0.411 e. The Balaban J connectivity index is 1.85. The molecule has 168 valence electrons. The van der Waals surface area contributed by atoms with Crippen LogP contribution in [0.5, 0.6) is 0 Å². The Kier molecular flexibility index (Phi) is 6.61. The average molecular weight is 460 g/mol. The monoisotopic (exact) mass is 460 g/mol. The third-order valence-electron chi connectivity index (χ3n) is 4.47. The van der Waals surface area contributed by atoms with Crippen molar-refractivity contribution in [3.8, 4) is 0 Å². The third-order valence-corrected chi connectivity index (χ3v) is 5.38. The number of sulfonamides is 1. The normalized spacial score (nSPS) is 11.2. The van der Waals surface area contributed by atoms with Gasteiger partial charge in [0.1, 0.15) is 12.2 Å². The zero-order chi connectivity index (χ0) is 23.5. The predicted octanol–water partition coefficient (Wildman–Crippen LogP) is 2.67. The molecule has 3 N–H and O–H groups in total. The lowest BCUT2D eigenvalue weighted by Gasteiger charge is -2.11. The summed E-state index contributed by atoms with van der Waals surface area (Å²) in [5.74, 6) is -0.782. The molecule has 0 aliphatic carbocycles. The van der Waals surface area contributed by atoms with Gasteiger partial charge in [-0.05, 0) is 43.7 Å². The minimum atomic E-state index is -3.99. The third kappa shape index (κ3) is 5.31. The number of aryl methyl sites for hydroxylation is 1. The first-order chi connectivity index (χ1) is 15.1. The van der Waals surface area contributed by atoms with Gasteiger partial charge >= 0.3 is 17.7 Å². The maximum Gasteiger partial charge on any atom is 0.411 e. The number of carbonyl (C=O) groups is 2. The molecule has 3 aromatic rings.